The number of ether oxygens (including phenoxy) is 1. The van der Waals surface area contributed by atoms with Gasteiger partial charge in [0.1, 0.15) is 12.1 Å². The molecule has 3 amide bonds. The molecule has 0 unspecified atom stereocenters. The van der Waals surface area contributed by atoms with Crippen LogP contribution in [0.2, 0.25) is 0 Å². The molecular weight excluding hydrogens is 370 g/mol. The van der Waals surface area contributed by atoms with Gasteiger partial charge in [0.25, 0.3) is 5.91 Å². The van der Waals surface area contributed by atoms with Gasteiger partial charge in [0, 0.05) is 17.8 Å². The maximum absolute atomic E-state index is 12.3. The van der Waals surface area contributed by atoms with E-state index in [0.717, 1.165) is 11.1 Å². The summed E-state index contributed by atoms with van der Waals surface area (Å²) in [6.45, 7) is 7.32. The van der Waals surface area contributed by atoms with Crippen molar-refractivity contribution in [2.24, 2.45) is 0 Å². The van der Waals surface area contributed by atoms with Gasteiger partial charge in [-0.3, -0.25) is 9.59 Å². The first-order chi connectivity index (χ1) is 13.6. The SMILES string of the molecule is Cc1cccc(C(=O)Nc2ccc(CNC(=O)CNC(=O)OC(C)(C)C)cc2)c1. The van der Waals surface area contributed by atoms with E-state index in [1.54, 1.807) is 39.0 Å². The Kier molecular flexibility index (Phi) is 7.36. The second kappa shape index (κ2) is 9.73. The number of benzene rings is 2. The number of carbonyl (C=O) groups excluding carboxylic acids is 3. The van der Waals surface area contributed by atoms with Crippen LogP contribution in [0.3, 0.4) is 0 Å². The second-order valence-electron chi connectivity index (χ2n) is 7.65. The van der Waals surface area contributed by atoms with E-state index in [-0.39, 0.29) is 18.4 Å². The summed E-state index contributed by atoms with van der Waals surface area (Å²) in [7, 11) is 0. The highest BCUT2D eigenvalue weighted by molar-refractivity contribution is 6.04. The number of rotatable bonds is 6. The molecule has 0 aliphatic carbocycles. The van der Waals surface area contributed by atoms with Gasteiger partial charge < -0.3 is 20.7 Å². The summed E-state index contributed by atoms with van der Waals surface area (Å²) in [4.78, 5) is 35.6. The van der Waals surface area contributed by atoms with E-state index in [0.29, 0.717) is 17.8 Å². The lowest BCUT2D eigenvalue weighted by Crippen LogP contribution is -2.39. The molecular formula is C22H27N3O4. The minimum absolute atomic E-state index is 0.167. The molecule has 2 rings (SSSR count). The molecule has 29 heavy (non-hydrogen) atoms. The van der Waals surface area contributed by atoms with Crippen LogP contribution in [0.1, 0.15) is 42.3 Å². The van der Waals surface area contributed by atoms with Crippen LogP contribution in [0.4, 0.5) is 10.5 Å². The van der Waals surface area contributed by atoms with Crippen LogP contribution in [-0.2, 0) is 16.1 Å². The van der Waals surface area contributed by atoms with E-state index < -0.39 is 11.7 Å². The van der Waals surface area contributed by atoms with Crippen LogP contribution in [0.25, 0.3) is 0 Å². The molecule has 2 aromatic carbocycles. The third-order valence-electron chi connectivity index (χ3n) is 3.77. The number of nitrogens with one attached hydrogen (secondary N) is 3. The maximum atomic E-state index is 12.3. The number of amides is 3. The molecule has 0 aliphatic rings. The second-order valence-corrected chi connectivity index (χ2v) is 7.65. The van der Waals surface area contributed by atoms with E-state index in [4.69, 9.17) is 4.74 Å². The number of aryl methyl sites for hydroxylation is 1. The summed E-state index contributed by atoms with van der Waals surface area (Å²) in [6, 6.07) is 14.5. The molecule has 0 aliphatic heterocycles. The van der Waals surface area contributed by atoms with Gasteiger partial charge in [0.2, 0.25) is 5.91 Å². The normalized spacial score (nSPS) is 10.8. The van der Waals surface area contributed by atoms with Gasteiger partial charge in [-0.25, -0.2) is 4.79 Å². The zero-order valence-electron chi connectivity index (χ0n) is 17.2. The lowest BCUT2D eigenvalue weighted by Gasteiger charge is -2.19. The van der Waals surface area contributed by atoms with Gasteiger partial charge in [-0.1, -0.05) is 29.8 Å². The first-order valence-electron chi connectivity index (χ1n) is 9.33. The molecule has 0 radical (unpaired) electrons. The first kappa shape index (κ1) is 21.9. The molecule has 0 saturated heterocycles. The van der Waals surface area contributed by atoms with Gasteiger partial charge >= 0.3 is 6.09 Å². The quantitative estimate of drug-likeness (QED) is 0.696. The third kappa shape index (κ3) is 8.04. The molecule has 154 valence electrons. The lowest BCUT2D eigenvalue weighted by molar-refractivity contribution is -0.120. The zero-order valence-corrected chi connectivity index (χ0v) is 17.2. The lowest BCUT2D eigenvalue weighted by atomic mass is 10.1. The van der Waals surface area contributed by atoms with Gasteiger partial charge in [-0.2, -0.15) is 0 Å². The molecule has 3 N–H and O–H groups in total. The molecule has 7 nitrogen and oxygen atoms in total. The molecule has 0 aromatic heterocycles. The van der Waals surface area contributed by atoms with E-state index in [9.17, 15) is 14.4 Å². The summed E-state index contributed by atoms with van der Waals surface area (Å²) >= 11 is 0. The van der Waals surface area contributed by atoms with Crippen LogP contribution in [0.15, 0.2) is 48.5 Å². The number of anilines is 1. The zero-order chi connectivity index (χ0) is 21.4. The number of hydrogen-bond donors (Lipinski definition) is 3. The van der Waals surface area contributed by atoms with Crippen LogP contribution in [0, 0.1) is 6.92 Å². The molecule has 7 heteroatoms. The Balaban J connectivity index is 1.78. The predicted molar refractivity (Wildman–Crippen MR) is 112 cm³/mol. The Bertz CT molecular complexity index is 870. The van der Waals surface area contributed by atoms with E-state index >= 15 is 0 Å². The van der Waals surface area contributed by atoms with Crippen molar-refractivity contribution >= 4 is 23.6 Å². The molecule has 0 saturated carbocycles. The maximum Gasteiger partial charge on any atom is 0.408 e. The highest BCUT2D eigenvalue weighted by Crippen LogP contribution is 2.12. The monoisotopic (exact) mass is 397 g/mol. The van der Waals surface area contributed by atoms with Crippen LogP contribution in [-0.4, -0.2) is 30.1 Å². The van der Waals surface area contributed by atoms with Crippen LogP contribution in [0.5, 0.6) is 0 Å². The predicted octanol–water partition coefficient (Wildman–Crippen LogP) is 3.39. The molecule has 0 fully saturated rings. The Labute approximate surface area is 170 Å². The largest absolute Gasteiger partial charge is 0.444 e. The van der Waals surface area contributed by atoms with Crippen molar-refractivity contribution in [1.29, 1.82) is 0 Å². The topological polar surface area (TPSA) is 96.5 Å². The summed E-state index contributed by atoms with van der Waals surface area (Å²) in [5, 5.41) is 7.96. The highest BCUT2D eigenvalue weighted by Gasteiger charge is 2.16. The minimum atomic E-state index is -0.638. The Morgan fingerprint density at radius 1 is 0.966 bits per heavy atom. The van der Waals surface area contributed by atoms with Crippen LogP contribution < -0.4 is 16.0 Å². The fraction of sp³-hybridized carbons (Fsp3) is 0.318. The van der Waals surface area contributed by atoms with Crippen molar-refractivity contribution in [3.63, 3.8) is 0 Å². The fourth-order valence-corrected chi connectivity index (χ4v) is 2.43. The van der Waals surface area contributed by atoms with Crippen molar-refractivity contribution in [3.05, 3.63) is 65.2 Å². The molecule has 0 spiro atoms. The minimum Gasteiger partial charge on any atom is -0.444 e. The molecule has 2 aromatic rings. The standard InChI is InChI=1S/C22H27N3O4/c1-15-6-5-7-17(12-15)20(27)25-18-10-8-16(9-11-18)13-23-19(26)14-24-21(28)29-22(2,3)4/h5-12H,13-14H2,1-4H3,(H,23,26)(H,24,28)(H,25,27). The smallest absolute Gasteiger partial charge is 0.408 e. The first-order valence-corrected chi connectivity index (χ1v) is 9.33. The van der Waals surface area contributed by atoms with Crippen molar-refractivity contribution in [2.45, 2.75) is 39.8 Å². The number of hydrogen-bond acceptors (Lipinski definition) is 4. The summed E-state index contributed by atoms with van der Waals surface area (Å²) in [5.74, 6) is -0.504. The van der Waals surface area contributed by atoms with Gasteiger partial charge in [0.15, 0.2) is 0 Å². The van der Waals surface area contributed by atoms with Crippen molar-refractivity contribution in [3.8, 4) is 0 Å². The van der Waals surface area contributed by atoms with E-state index in [1.165, 1.54) is 0 Å². The average molecular weight is 397 g/mol. The van der Waals surface area contributed by atoms with Gasteiger partial charge in [-0.15, -0.1) is 0 Å². The van der Waals surface area contributed by atoms with Gasteiger partial charge in [0.05, 0.1) is 0 Å². The average Bonchev–Trinajstić information content (AvgIpc) is 2.64. The van der Waals surface area contributed by atoms with Crippen molar-refractivity contribution in [1.82, 2.24) is 10.6 Å². The van der Waals surface area contributed by atoms with Crippen molar-refractivity contribution < 1.29 is 19.1 Å². The van der Waals surface area contributed by atoms with E-state index in [2.05, 4.69) is 16.0 Å². The van der Waals surface area contributed by atoms with Gasteiger partial charge in [-0.05, 0) is 57.5 Å². The Morgan fingerprint density at radius 2 is 1.66 bits per heavy atom. The summed E-state index contributed by atoms with van der Waals surface area (Å²) in [5.41, 5.74) is 2.53. The molecule has 0 heterocycles. The highest BCUT2D eigenvalue weighted by atomic mass is 16.6. The van der Waals surface area contributed by atoms with E-state index in [1.807, 2.05) is 37.3 Å². The Hall–Kier alpha value is -3.35. The number of carbonyl (C=O) groups is 3. The molecule has 0 bridgehead atoms. The number of alkyl carbamates (subject to hydrolysis) is 1. The van der Waals surface area contributed by atoms with Crippen LogP contribution >= 0.6 is 0 Å². The molecule has 0 atom stereocenters. The summed E-state index contributed by atoms with van der Waals surface area (Å²) in [6.07, 6.45) is -0.638. The van der Waals surface area contributed by atoms with Crippen molar-refractivity contribution in [2.75, 3.05) is 11.9 Å². The third-order valence-corrected chi connectivity index (χ3v) is 3.77. The Morgan fingerprint density at radius 3 is 2.28 bits per heavy atom. The summed E-state index contributed by atoms with van der Waals surface area (Å²) < 4.78 is 5.07. The fourth-order valence-electron chi connectivity index (χ4n) is 2.43.